The van der Waals surface area contributed by atoms with E-state index in [1.54, 1.807) is 28.0 Å². The van der Waals surface area contributed by atoms with Crippen LogP contribution in [0.3, 0.4) is 0 Å². The molecule has 0 spiro atoms. The van der Waals surface area contributed by atoms with Gasteiger partial charge in [-0.05, 0) is 35.7 Å². The highest BCUT2D eigenvalue weighted by Gasteiger charge is 2.52. The second-order valence-electron chi connectivity index (χ2n) is 10.4. The number of para-hydroxylation sites is 1. The number of nitrogens with one attached hydrogen (secondary N) is 1. The number of hydrogen-bond acceptors (Lipinski definition) is 8. The van der Waals surface area contributed by atoms with Crippen molar-refractivity contribution in [2.45, 2.75) is 44.9 Å². The number of aromatic nitrogens is 1. The van der Waals surface area contributed by atoms with Gasteiger partial charge < -0.3 is 25.6 Å². The van der Waals surface area contributed by atoms with Crippen LogP contribution in [-0.2, 0) is 22.6 Å². The van der Waals surface area contributed by atoms with Gasteiger partial charge in [0.2, 0.25) is 11.8 Å². The van der Waals surface area contributed by atoms with Gasteiger partial charge in [0.25, 0.3) is 0 Å². The summed E-state index contributed by atoms with van der Waals surface area (Å²) in [5, 5.41) is 6.73. The number of methoxy groups -OCH3 is 1. The van der Waals surface area contributed by atoms with E-state index in [9.17, 15) is 14.4 Å². The Bertz CT molecular complexity index is 1460. The molecular formula is C30H37N7O4S. The Morgan fingerprint density at radius 2 is 2.05 bits per heavy atom. The van der Waals surface area contributed by atoms with E-state index in [0.717, 1.165) is 34.2 Å². The van der Waals surface area contributed by atoms with Gasteiger partial charge in [-0.1, -0.05) is 55.0 Å². The number of thiazole rings is 1. The van der Waals surface area contributed by atoms with Crippen LogP contribution >= 0.6 is 11.3 Å². The van der Waals surface area contributed by atoms with Gasteiger partial charge in [0.05, 0.1) is 37.0 Å². The lowest BCUT2D eigenvalue weighted by atomic mass is 9.99. The van der Waals surface area contributed by atoms with Gasteiger partial charge in [-0.25, -0.2) is 9.78 Å². The number of amides is 4. The molecule has 3 aromatic rings. The zero-order valence-electron chi connectivity index (χ0n) is 24.0. The zero-order valence-corrected chi connectivity index (χ0v) is 24.8. The van der Waals surface area contributed by atoms with Crippen molar-refractivity contribution in [1.29, 1.82) is 0 Å². The minimum atomic E-state index is -0.747. The van der Waals surface area contributed by atoms with Gasteiger partial charge in [-0.3, -0.25) is 14.6 Å². The smallest absolute Gasteiger partial charge is 0.332 e. The second kappa shape index (κ2) is 12.8. The number of hydrazine groups is 1. The average Bonchev–Trinajstić information content (AvgIpc) is 3.53. The van der Waals surface area contributed by atoms with Gasteiger partial charge in [0.15, 0.2) is 5.13 Å². The quantitative estimate of drug-likeness (QED) is 0.259. The SMILES string of the molecule is C=CCN(C(=O)NCCCC)N1CC(=O)N2[C@@H](Cc3ccc(OC)cc3)C(=O)N(Cc3cccc4sc(N)nc34)C[C@@H]21. The summed E-state index contributed by atoms with van der Waals surface area (Å²) in [5.41, 5.74) is 8.54. The van der Waals surface area contributed by atoms with E-state index in [1.807, 2.05) is 42.5 Å². The van der Waals surface area contributed by atoms with Crippen LogP contribution in [0.25, 0.3) is 10.2 Å². The number of benzene rings is 2. The summed E-state index contributed by atoms with van der Waals surface area (Å²) in [5.74, 6) is 0.359. The van der Waals surface area contributed by atoms with E-state index >= 15 is 0 Å². The Hall–Kier alpha value is -4.16. The summed E-state index contributed by atoms with van der Waals surface area (Å²) < 4.78 is 6.24. The first-order valence-electron chi connectivity index (χ1n) is 14.1. The normalized spacial score (nSPS) is 18.8. The molecule has 222 valence electrons. The first-order chi connectivity index (χ1) is 20.3. The molecule has 2 saturated heterocycles. The lowest BCUT2D eigenvalue weighted by molar-refractivity contribution is -0.157. The number of anilines is 1. The van der Waals surface area contributed by atoms with Crippen molar-refractivity contribution in [3.8, 4) is 5.75 Å². The van der Waals surface area contributed by atoms with E-state index in [4.69, 9.17) is 10.5 Å². The Labute approximate surface area is 249 Å². The monoisotopic (exact) mass is 591 g/mol. The lowest BCUT2D eigenvalue weighted by Crippen LogP contribution is -2.66. The average molecular weight is 592 g/mol. The molecule has 0 radical (unpaired) electrons. The molecule has 0 aliphatic carbocycles. The molecule has 0 bridgehead atoms. The minimum Gasteiger partial charge on any atom is -0.497 e. The maximum atomic E-state index is 14.1. The Morgan fingerprint density at radius 1 is 1.26 bits per heavy atom. The summed E-state index contributed by atoms with van der Waals surface area (Å²) in [6.45, 7) is 7.17. The van der Waals surface area contributed by atoms with Gasteiger partial charge in [0, 0.05) is 19.5 Å². The van der Waals surface area contributed by atoms with Crippen molar-refractivity contribution >= 4 is 44.5 Å². The number of carbonyl (C=O) groups excluding carboxylic acids is 3. The maximum absolute atomic E-state index is 14.1. The molecule has 2 aromatic carbocycles. The van der Waals surface area contributed by atoms with Crippen LogP contribution in [0.5, 0.6) is 5.75 Å². The first kappa shape index (κ1) is 29.3. The number of nitrogens with two attached hydrogens (primary N) is 1. The number of nitrogens with zero attached hydrogens (tertiary/aromatic N) is 5. The summed E-state index contributed by atoms with van der Waals surface area (Å²) in [7, 11) is 1.60. The predicted molar refractivity (Wildman–Crippen MR) is 162 cm³/mol. The fourth-order valence-corrected chi connectivity index (χ4v) is 6.40. The number of piperazine rings is 1. The number of hydrogen-bond donors (Lipinski definition) is 2. The van der Waals surface area contributed by atoms with E-state index in [-0.39, 0.29) is 37.5 Å². The summed E-state index contributed by atoms with van der Waals surface area (Å²) >= 11 is 1.40. The molecule has 11 nitrogen and oxygen atoms in total. The topological polar surface area (TPSA) is 124 Å². The number of carbonyl (C=O) groups is 3. The van der Waals surface area contributed by atoms with Crippen molar-refractivity contribution in [3.05, 3.63) is 66.2 Å². The summed E-state index contributed by atoms with van der Waals surface area (Å²) in [4.78, 5) is 48.9. The first-order valence-corrected chi connectivity index (χ1v) is 15.0. The molecule has 3 heterocycles. The molecule has 2 fully saturated rings. The van der Waals surface area contributed by atoms with Crippen LogP contribution in [0.4, 0.5) is 9.93 Å². The summed E-state index contributed by atoms with van der Waals surface area (Å²) in [6.07, 6.45) is 3.23. The third-order valence-corrected chi connectivity index (χ3v) is 8.54. The predicted octanol–water partition coefficient (Wildman–Crippen LogP) is 3.22. The number of unbranched alkanes of at least 4 members (excludes halogenated alkanes) is 1. The van der Waals surface area contributed by atoms with Crippen LogP contribution in [0.15, 0.2) is 55.1 Å². The van der Waals surface area contributed by atoms with Crippen LogP contribution in [0, 0.1) is 0 Å². The molecule has 42 heavy (non-hydrogen) atoms. The fourth-order valence-electron chi connectivity index (χ4n) is 5.62. The number of urea groups is 1. The van der Waals surface area contributed by atoms with Gasteiger partial charge in [-0.2, -0.15) is 5.01 Å². The summed E-state index contributed by atoms with van der Waals surface area (Å²) in [6, 6.07) is 12.3. The van der Waals surface area contributed by atoms with Crippen LogP contribution in [0.1, 0.15) is 30.9 Å². The van der Waals surface area contributed by atoms with Gasteiger partial charge in [0.1, 0.15) is 18.0 Å². The van der Waals surface area contributed by atoms with Crippen molar-refractivity contribution in [2.75, 3.05) is 39.0 Å². The number of rotatable bonds is 11. The second-order valence-corrected chi connectivity index (χ2v) is 11.5. The number of fused-ring (bicyclic) bond motifs is 2. The van der Waals surface area contributed by atoms with E-state index in [2.05, 4.69) is 23.8 Å². The highest BCUT2D eigenvalue weighted by molar-refractivity contribution is 7.22. The molecule has 0 unspecified atom stereocenters. The molecule has 3 N–H and O–H groups in total. The van der Waals surface area contributed by atoms with Crippen molar-refractivity contribution < 1.29 is 19.1 Å². The fraction of sp³-hybridized carbons (Fsp3) is 0.400. The highest BCUT2D eigenvalue weighted by Crippen LogP contribution is 2.32. The van der Waals surface area contributed by atoms with Crippen molar-refractivity contribution in [1.82, 2.24) is 30.1 Å². The van der Waals surface area contributed by atoms with Crippen molar-refractivity contribution in [2.24, 2.45) is 0 Å². The number of ether oxygens (including phenoxy) is 1. The van der Waals surface area contributed by atoms with Crippen LogP contribution in [-0.4, -0.2) is 88.1 Å². The maximum Gasteiger partial charge on any atom is 0.332 e. The molecule has 2 aliphatic heterocycles. The van der Waals surface area contributed by atoms with Gasteiger partial charge >= 0.3 is 6.03 Å². The van der Waals surface area contributed by atoms with Crippen LogP contribution < -0.4 is 15.8 Å². The Kier molecular flexibility index (Phi) is 8.93. The molecular weight excluding hydrogens is 554 g/mol. The Balaban J connectivity index is 1.49. The Morgan fingerprint density at radius 3 is 2.76 bits per heavy atom. The molecule has 1 aromatic heterocycles. The molecule has 5 rings (SSSR count). The largest absolute Gasteiger partial charge is 0.497 e. The lowest BCUT2D eigenvalue weighted by Gasteiger charge is -2.46. The molecule has 4 amide bonds. The van der Waals surface area contributed by atoms with E-state index < -0.39 is 12.2 Å². The molecule has 12 heteroatoms. The number of nitrogen functional groups attached to an aromatic ring is 1. The third kappa shape index (κ3) is 5.90. The molecule has 2 aliphatic rings. The van der Waals surface area contributed by atoms with Crippen molar-refractivity contribution in [3.63, 3.8) is 0 Å². The third-order valence-electron chi connectivity index (χ3n) is 7.69. The molecule has 2 atom stereocenters. The van der Waals surface area contributed by atoms with E-state index in [1.165, 1.54) is 16.3 Å². The highest BCUT2D eigenvalue weighted by atomic mass is 32.1. The van der Waals surface area contributed by atoms with Crippen LogP contribution in [0.2, 0.25) is 0 Å². The van der Waals surface area contributed by atoms with E-state index in [0.29, 0.717) is 30.4 Å². The standard InChI is InChI=1S/C30H37N7O4S/c1-4-6-14-32-30(40)35(15-5-2)36-19-26(38)37-23(16-20-10-12-22(41-3)13-11-20)28(39)34(18-25(36)37)17-21-8-7-9-24-27(21)33-29(31)42-24/h5,7-13,23,25H,2,4,6,14-19H2,1,3H3,(H2,31,33)(H,32,40)/t23-,25+/m0/s1. The zero-order chi connectivity index (χ0) is 29.8. The van der Waals surface area contributed by atoms with Gasteiger partial charge in [-0.15, -0.1) is 6.58 Å². The minimum absolute atomic E-state index is 0.0157. The molecule has 0 saturated carbocycles.